The van der Waals surface area contributed by atoms with Crippen LogP contribution in [0.3, 0.4) is 0 Å². The molecule has 2 rings (SSSR count). The van der Waals surface area contributed by atoms with Gasteiger partial charge in [-0.1, -0.05) is 0 Å². The molecule has 1 atom stereocenters. The minimum absolute atomic E-state index is 0.242. The van der Waals surface area contributed by atoms with Crippen LogP contribution in [0.5, 0.6) is 5.75 Å². The number of benzene rings is 1. The lowest BCUT2D eigenvalue weighted by molar-refractivity contribution is -0.159. The second-order valence-corrected chi connectivity index (χ2v) is 4.60. The third kappa shape index (κ3) is 3.94. The van der Waals surface area contributed by atoms with Crippen LogP contribution in [-0.2, 0) is 14.3 Å². The van der Waals surface area contributed by atoms with Gasteiger partial charge in [0, 0.05) is 13.1 Å². The minimum atomic E-state index is -1.09. The Hall–Kier alpha value is -2.64. The zero-order valence-corrected chi connectivity index (χ0v) is 11.9. The van der Waals surface area contributed by atoms with Crippen molar-refractivity contribution >= 4 is 17.9 Å². The van der Waals surface area contributed by atoms with Gasteiger partial charge in [-0.3, -0.25) is 9.69 Å². The van der Waals surface area contributed by atoms with Crippen LogP contribution in [0.1, 0.15) is 6.92 Å². The van der Waals surface area contributed by atoms with Gasteiger partial charge in [-0.15, -0.1) is 0 Å². The number of ether oxygens (including phenoxy) is 2. The number of hydrogen-bond donors (Lipinski definition) is 1. The minimum Gasteiger partial charge on any atom is -0.482 e. The standard InChI is InChI=1S/C14H15FN2O5/c1-9(13(19)17-7-6-16-14(17)20)22-12(18)8-21-11-4-2-10(15)3-5-11/h2-5,9H,6-8H2,1H3,(H,16,20)/t9-/m0/s1. The maximum absolute atomic E-state index is 12.7. The molecule has 0 radical (unpaired) electrons. The number of carbonyl (C=O) groups excluding carboxylic acids is 3. The van der Waals surface area contributed by atoms with E-state index in [0.29, 0.717) is 12.3 Å². The third-order valence-corrected chi connectivity index (χ3v) is 2.95. The average Bonchev–Trinajstić information content (AvgIpc) is 2.92. The smallest absolute Gasteiger partial charge is 0.344 e. The molecule has 0 saturated carbocycles. The van der Waals surface area contributed by atoms with E-state index in [1.54, 1.807) is 0 Å². The quantitative estimate of drug-likeness (QED) is 0.809. The first-order chi connectivity index (χ1) is 10.5. The van der Waals surface area contributed by atoms with Crippen molar-refractivity contribution in [2.75, 3.05) is 19.7 Å². The van der Waals surface area contributed by atoms with E-state index in [9.17, 15) is 18.8 Å². The van der Waals surface area contributed by atoms with Crippen molar-refractivity contribution in [2.45, 2.75) is 13.0 Å². The van der Waals surface area contributed by atoms with Crippen LogP contribution in [0.15, 0.2) is 24.3 Å². The number of imide groups is 1. The monoisotopic (exact) mass is 310 g/mol. The Kier molecular flexibility index (Phi) is 4.92. The summed E-state index contributed by atoms with van der Waals surface area (Å²) >= 11 is 0. The van der Waals surface area contributed by atoms with Crippen molar-refractivity contribution in [3.63, 3.8) is 0 Å². The van der Waals surface area contributed by atoms with Gasteiger partial charge < -0.3 is 14.8 Å². The summed E-state index contributed by atoms with van der Waals surface area (Å²) in [6.07, 6.45) is -1.09. The lowest BCUT2D eigenvalue weighted by Gasteiger charge is -2.18. The summed E-state index contributed by atoms with van der Waals surface area (Å²) in [7, 11) is 0. The normalized spacial score (nSPS) is 15.2. The predicted molar refractivity (Wildman–Crippen MR) is 72.6 cm³/mol. The van der Waals surface area contributed by atoms with Crippen LogP contribution in [0, 0.1) is 5.82 Å². The molecule has 7 nitrogen and oxygen atoms in total. The highest BCUT2D eigenvalue weighted by Crippen LogP contribution is 2.11. The van der Waals surface area contributed by atoms with Crippen LogP contribution in [0.2, 0.25) is 0 Å². The fourth-order valence-corrected chi connectivity index (χ4v) is 1.86. The fraction of sp³-hybridized carbons (Fsp3) is 0.357. The highest BCUT2D eigenvalue weighted by Gasteiger charge is 2.31. The largest absolute Gasteiger partial charge is 0.482 e. The maximum Gasteiger partial charge on any atom is 0.344 e. The van der Waals surface area contributed by atoms with Crippen LogP contribution < -0.4 is 10.1 Å². The molecule has 1 N–H and O–H groups in total. The molecular weight excluding hydrogens is 295 g/mol. The molecule has 1 heterocycles. The lowest BCUT2D eigenvalue weighted by Crippen LogP contribution is -2.42. The molecule has 3 amide bonds. The van der Waals surface area contributed by atoms with E-state index in [4.69, 9.17) is 9.47 Å². The SMILES string of the molecule is C[C@H](OC(=O)COc1ccc(F)cc1)C(=O)N1CCNC1=O. The second-order valence-electron chi connectivity index (χ2n) is 4.60. The second kappa shape index (κ2) is 6.88. The molecule has 0 bridgehead atoms. The number of carbonyl (C=O) groups is 3. The summed E-state index contributed by atoms with van der Waals surface area (Å²) in [4.78, 5) is 35.8. The molecule has 0 aromatic heterocycles. The number of esters is 1. The summed E-state index contributed by atoms with van der Waals surface area (Å²) in [6.45, 7) is 1.57. The third-order valence-electron chi connectivity index (χ3n) is 2.95. The van der Waals surface area contributed by atoms with Gasteiger partial charge in [0.15, 0.2) is 12.7 Å². The van der Waals surface area contributed by atoms with Crippen LogP contribution in [0.4, 0.5) is 9.18 Å². The number of rotatable bonds is 5. The van der Waals surface area contributed by atoms with E-state index >= 15 is 0 Å². The number of halogens is 1. The van der Waals surface area contributed by atoms with Gasteiger partial charge in [-0.25, -0.2) is 14.0 Å². The van der Waals surface area contributed by atoms with Gasteiger partial charge in [0.2, 0.25) is 0 Å². The Labute approximate surface area is 126 Å². The van der Waals surface area contributed by atoms with Gasteiger partial charge in [-0.05, 0) is 31.2 Å². The molecule has 0 spiro atoms. The van der Waals surface area contributed by atoms with Crippen molar-refractivity contribution in [2.24, 2.45) is 0 Å². The van der Waals surface area contributed by atoms with Gasteiger partial charge >= 0.3 is 12.0 Å². The molecule has 118 valence electrons. The number of nitrogens with one attached hydrogen (secondary N) is 1. The molecule has 22 heavy (non-hydrogen) atoms. The summed E-state index contributed by atoms with van der Waals surface area (Å²) < 4.78 is 22.7. The van der Waals surface area contributed by atoms with E-state index in [0.717, 1.165) is 4.90 Å². The Morgan fingerprint density at radius 1 is 1.36 bits per heavy atom. The number of hydrogen-bond acceptors (Lipinski definition) is 5. The first kappa shape index (κ1) is 15.7. The molecule has 0 unspecified atom stereocenters. The topological polar surface area (TPSA) is 84.9 Å². The molecule has 0 aliphatic carbocycles. The van der Waals surface area contributed by atoms with Crippen molar-refractivity contribution in [3.05, 3.63) is 30.1 Å². The molecule has 8 heteroatoms. The van der Waals surface area contributed by atoms with Gasteiger partial charge in [0.25, 0.3) is 5.91 Å². The molecule has 1 aliphatic rings. The Balaban J connectivity index is 1.79. The highest BCUT2D eigenvalue weighted by atomic mass is 19.1. The Bertz CT molecular complexity index is 575. The molecule has 1 aromatic carbocycles. The van der Waals surface area contributed by atoms with Gasteiger partial charge in [0.1, 0.15) is 11.6 Å². The summed E-state index contributed by atoms with van der Waals surface area (Å²) in [5.74, 6) is -1.47. The summed E-state index contributed by atoms with van der Waals surface area (Å²) in [5, 5.41) is 2.48. The predicted octanol–water partition coefficient (Wildman–Crippen LogP) is 0.688. The van der Waals surface area contributed by atoms with E-state index in [1.807, 2.05) is 0 Å². The molecule has 1 saturated heterocycles. The van der Waals surface area contributed by atoms with Crippen molar-refractivity contribution < 1.29 is 28.2 Å². The zero-order chi connectivity index (χ0) is 16.1. The van der Waals surface area contributed by atoms with E-state index < -0.39 is 36.4 Å². The first-order valence-corrected chi connectivity index (χ1v) is 6.64. The fourth-order valence-electron chi connectivity index (χ4n) is 1.86. The Morgan fingerprint density at radius 2 is 2.05 bits per heavy atom. The summed E-state index contributed by atoms with van der Waals surface area (Å²) in [5.41, 5.74) is 0. The number of amides is 3. The number of urea groups is 1. The Morgan fingerprint density at radius 3 is 2.64 bits per heavy atom. The van der Waals surface area contributed by atoms with E-state index in [1.165, 1.54) is 31.2 Å². The first-order valence-electron chi connectivity index (χ1n) is 6.64. The summed E-state index contributed by atoms with van der Waals surface area (Å²) in [6, 6.07) is 4.62. The highest BCUT2D eigenvalue weighted by molar-refractivity contribution is 5.98. The molecule has 1 aromatic rings. The van der Waals surface area contributed by atoms with E-state index in [2.05, 4.69) is 5.32 Å². The van der Waals surface area contributed by atoms with Crippen LogP contribution in [-0.4, -0.2) is 48.6 Å². The van der Waals surface area contributed by atoms with E-state index in [-0.39, 0.29) is 6.54 Å². The molecule has 1 aliphatic heterocycles. The maximum atomic E-state index is 12.7. The van der Waals surface area contributed by atoms with Crippen molar-refractivity contribution in [3.8, 4) is 5.75 Å². The van der Waals surface area contributed by atoms with Crippen LogP contribution in [0.25, 0.3) is 0 Å². The van der Waals surface area contributed by atoms with Gasteiger partial charge in [0.05, 0.1) is 0 Å². The average molecular weight is 310 g/mol. The van der Waals surface area contributed by atoms with Crippen molar-refractivity contribution in [1.29, 1.82) is 0 Å². The van der Waals surface area contributed by atoms with Crippen LogP contribution >= 0.6 is 0 Å². The zero-order valence-electron chi connectivity index (χ0n) is 11.9. The lowest BCUT2D eigenvalue weighted by atomic mass is 10.3. The number of nitrogens with zero attached hydrogens (tertiary/aromatic N) is 1. The van der Waals surface area contributed by atoms with Crippen molar-refractivity contribution in [1.82, 2.24) is 10.2 Å². The van der Waals surface area contributed by atoms with Gasteiger partial charge in [-0.2, -0.15) is 0 Å². The molecule has 1 fully saturated rings. The molecular formula is C14H15FN2O5.